The van der Waals surface area contributed by atoms with Gasteiger partial charge in [-0.1, -0.05) is 60.7 Å². The summed E-state index contributed by atoms with van der Waals surface area (Å²) in [6.45, 7) is 3.58. The number of nitrogens with zero attached hydrogens (tertiary/aromatic N) is 3. The zero-order valence-corrected chi connectivity index (χ0v) is 20.2. The average Bonchev–Trinajstić information content (AvgIpc) is 2.93. The van der Waals surface area contributed by atoms with Crippen LogP contribution in [0.15, 0.2) is 78.6 Å². The summed E-state index contributed by atoms with van der Waals surface area (Å²) in [6, 6.07) is 19.8. The van der Waals surface area contributed by atoms with Crippen molar-refractivity contribution >= 4 is 23.8 Å². The van der Waals surface area contributed by atoms with Crippen LogP contribution >= 0.6 is 0 Å². The number of hydrogen-bond donors (Lipinski definition) is 2. The Balaban J connectivity index is 1.43. The van der Waals surface area contributed by atoms with Gasteiger partial charge >= 0.3 is 0 Å². The molecule has 0 saturated carbocycles. The molecule has 0 aliphatic carbocycles. The van der Waals surface area contributed by atoms with Crippen LogP contribution in [0.3, 0.4) is 0 Å². The number of hydrogen-bond acceptors (Lipinski definition) is 6. The van der Waals surface area contributed by atoms with Crippen molar-refractivity contribution in [2.24, 2.45) is 0 Å². The lowest BCUT2D eigenvalue weighted by molar-refractivity contribution is -0.123. The first-order valence-corrected chi connectivity index (χ1v) is 12.2. The van der Waals surface area contributed by atoms with Crippen molar-refractivity contribution in [2.75, 3.05) is 44.3 Å². The first-order chi connectivity index (χ1) is 17.7. The van der Waals surface area contributed by atoms with Gasteiger partial charge in [-0.25, -0.2) is 9.97 Å². The fraction of sp³-hybridized carbons (Fsp3) is 0.286. The van der Waals surface area contributed by atoms with E-state index >= 15 is 0 Å². The minimum absolute atomic E-state index is 0.0267. The Morgan fingerprint density at radius 3 is 1.81 bits per heavy atom. The lowest BCUT2D eigenvalue weighted by Gasteiger charge is -2.26. The number of anilines is 1. The molecule has 0 spiro atoms. The van der Waals surface area contributed by atoms with E-state index in [0.29, 0.717) is 50.7 Å². The molecule has 0 radical (unpaired) electrons. The molecule has 0 unspecified atom stereocenters. The second kappa shape index (κ2) is 13.2. The van der Waals surface area contributed by atoms with E-state index in [1.54, 1.807) is 18.5 Å². The molecule has 4 rings (SSSR count). The van der Waals surface area contributed by atoms with Gasteiger partial charge in [0.2, 0.25) is 5.95 Å². The second-order valence-electron chi connectivity index (χ2n) is 8.46. The number of rotatable bonds is 10. The van der Waals surface area contributed by atoms with Crippen molar-refractivity contribution in [1.82, 2.24) is 20.6 Å². The third kappa shape index (κ3) is 7.48. The Morgan fingerprint density at radius 2 is 1.31 bits per heavy atom. The zero-order valence-electron chi connectivity index (χ0n) is 20.2. The smallest absolute Gasteiger partial charge is 0.256 e. The highest BCUT2D eigenvalue weighted by Crippen LogP contribution is 2.12. The molecule has 8 nitrogen and oxygen atoms in total. The van der Waals surface area contributed by atoms with E-state index in [-0.39, 0.29) is 5.57 Å². The molecule has 2 heterocycles. The molecular weight excluding hydrogens is 454 g/mol. The minimum Gasteiger partial charge on any atom is -0.378 e. The molecule has 0 bridgehead atoms. The summed E-state index contributed by atoms with van der Waals surface area (Å²) in [6.07, 6.45) is 6.15. The van der Waals surface area contributed by atoms with Crippen LogP contribution in [0.5, 0.6) is 0 Å². The van der Waals surface area contributed by atoms with Gasteiger partial charge in [-0.3, -0.25) is 9.59 Å². The van der Waals surface area contributed by atoms with Crippen molar-refractivity contribution in [3.8, 4) is 0 Å². The molecule has 1 aromatic heterocycles. The largest absolute Gasteiger partial charge is 0.378 e. The molecule has 3 aromatic rings. The lowest BCUT2D eigenvalue weighted by atomic mass is 10.1. The number of benzene rings is 2. The van der Waals surface area contributed by atoms with Crippen molar-refractivity contribution in [3.05, 3.63) is 95.3 Å². The highest BCUT2D eigenvalue weighted by molar-refractivity contribution is 6.21. The van der Waals surface area contributed by atoms with Gasteiger partial charge in [-0.05, 0) is 30.0 Å². The van der Waals surface area contributed by atoms with Crippen LogP contribution in [0.25, 0.3) is 6.08 Å². The van der Waals surface area contributed by atoms with Crippen molar-refractivity contribution in [2.45, 2.75) is 12.8 Å². The normalized spacial score (nSPS) is 13.1. The van der Waals surface area contributed by atoms with E-state index in [2.05, 4.69) is 20.6 Å². The van der Waals surface area contributed by atoms with E-state index < -0.39 is 11.8 Å². The minimum atomic E-state index is -0.430. The van der Waals surface area contributed by atoms with Crippen LogP contribution in [0.4, 0.5) is 5.95 Å². The van der Waals surface area contributed by atoms with Crippen molar-refractivity contribution in [3.63, 3.8) is 0 Å². The summed E-state index contributed by atoms with van der Waals surface area (Å²) in [7, 11) is 0. The van der Waals surface area contributed by atoms with E-state index in [9.17, 15) is 9.59 Å². The number of carbonyl (C=O) groups excluding carboxylic acids is 2. The summed E-state index contributed by atoms with van der Waals surface area (Å²) in [5.74, 6) is -0.252. The molecule has 36 heavy (non-hydrogen) atoms. The third-order valence-electron chi connectivity index (χ3n) is 5.84. The van der Waals surface area contributed by atoms with Gasteiger partial charge in [0.1, 0.15) is 5.57 Å². The summed E-state index contributed by atoms with van der Waals surface area (Å²) in [4.78, 5) is 37.0. The molecule has 8 heteroatoms. The SMILES string of the molecule is O=C(NCCc1ccccc1)C(=Cc1cnc(N2CCOCC2)nc1)C(=O)NCCc1ccccc1. The summed E-state index contributed by atoms with van der Waals surface area (Å²) in [5.41, 5.74) is 2.84. The molecule has 2 amide bonds. The quantitative estimate of drug-likeness (QED) is 0.260. The Bertz CT molecular complexity index is 1090. The Kier molecular flexibility index (Phi) is 9.16. The predicted molar refractivity (Wildman–Crippen MR) is 139 cm³/mol. The number of carbonyl (C=O) groups is 2. The molecule has 186 valence electrons. The number of ether oxygens (including phenoxy) is 1. The van der Waals surface area contributed by atoms with Crippen LogP contribution in [-0.2, 0) is 27.2 Å². The first kappa shape index (κ1) is 25.1. The lowest BCUT2D eigenvalue weighted by Crippen LogP contribution is -2.37. The van der Waals surface area contributed by atoms with Gasteiger partial charge in [-0.15, -0.1) is 0 Å². The van der Waals surface area contributed by atoms with Gasteiger partial charge in [-0.2, -0.15) is 0 Å². The Hall–Kier alpha value is -4.04. The molecule has 2 aromatic carbocycles. The maximum atomic E-state index is 13.0. The highest BCUT2D eigenvalue weighted by Gasteiger charge is 2.19. The number of nitrogens with one attached hydrogen (secondary N) is 2. The van der Waals surface area contributed by atoms with Gasteiger partial charge in [0.15, 0.2) is 0 Å². The maximum absolute atomic E-state index is 13.0. The van der Waals surface area contributed by atoms with Crippen LogP contribution < -0.4 is 15.5 Å². The maximum Gasteiger partial charge on any atom is 0.256 e. The molecule has 1 saturated heterocycles. The monoisotopic (exact) mass is 485 g/mol. The summed E-state index contributed by atoms with van der Waals surface area (Å²) in [5, 5.41) is 5.75. The number of amides is 2. The van der Waals surface area contributed by atoms with Gasteiger partial charge in [0, 0.05) is 44.1 Å². The van der Waals surface area contributed by atoms with E-state index in [4.69, 9.17) is 4.74 Å². The van der Waals surface area contributed by atoms with E-state index in [1.807, 2.05) is 65.6 Å². The molecule has 1 aliphatic rings. The number of morpholine rings is 1. The van der Waals surface area contributed by atoms with Crippen LogP contribution in [0.1, 0.15) is 16.7 Å². The van der Waals surface area contributed by atoms with Crippen LogP contribution in [0, 0.1) is 0 Å². The molecular formula is C28H31N5O3. The van der Waals surface area contributed by atoms with Crippen molar-refractivity contribution in [1.29, 1.82) is 0 Å². The first-order valence-electron chi connectivity index (χ1n) is 12.2. The fourth-order valence-corrected chi connectivity index (χ4v) is 3.85. The average molecular weight is 486 g/mol. The van der Waals surface area contributed by atoms with Crippen LogP contribution in [-0.4, -0.2) is 61.2 Å². The fourth-order valence-electron chi connectivity index (χ4n) is 3.85. The summed E-state index contributed by atoms with van der Waals surface area (Å²) >= 11 is 0. The third-order valence-corrected chi connectivity index (χ3v) is 5.84. The van der Waals surface area contributed by atoms with Gasteiger partial charge in [0.05, 0.1) is 13.2 Å². The van der Waals surface area contributed by atoms with Crippen molar-refractivity contribution < 1.29 is 14.3 Å². The number of aromatic nitrogens is 2. The predicted octanol–water partition coefficient (Wildman–Crippen LogP) is 2.41. The molecule has 1 fully saturated rings. The highest BCUT2D eigenvalue weighted by atomic mass is 16.5. The van der Waals surface area contributed by atoms with Gasteiger partial charge < -0.3 is 20.3 Å². The molecule has 2 N–H and O–H groups in total. The summed E-state index contributed by atoms with van der Waals surface area (Å²) < 4.78 is 5.38. The Morgan fingerprint density at radius 1 is 0.806 bits per heavy atom. The van der Waals surface area contributed by atoms with E-state index in [0.717, 1.165) is 24.2 Å². The van der Waals surface area contributed by atoms with E-state index in [1.165, 1.54) is 0 Å². The van der Waals surface area contributed by atoms with Gasteiger partial charge in [0.25, 0.3) is 11.8 Å². The zero-order chi connectivity index (χ0) is 25.0. The topological polar surface area (TPSA) is 96.5 Å². The Labute approximate surface area is 211 Å². The second-order valence-corrected chi connectivity index (χ2v) is 8.46. The standard InChI is InChI=1S/C28H31N5O3/c34-26(29-13-11-22-7-3-1-4-8-22)25(27(35)30-14-12-23-9-5-2-6-10-23)19-24-20-31-28(32-21-24)33-15-17-36-18-16-33/h1-10,19-21H,11-18H2,(H,29,34)(H,30,35). The van der Waals surface area contributed by atoms with Crippen LogP contribution in [0.2, 0.25) is 0 Å². The molecule has 1 aliphatic heterocycles. The molecule has 0 atom stereocenters.